The van der Waals surface area contributed by atoms with Crippen molar-refractivity contribution < 1.29 is 14.7 Å². The van der Waals surface area contributed by atoms with E-state index >= 15 is 0 Å². The first kappa shape index (κ1) is 15.1. The molecule has 2 aliphatic heterocycles. The van der Waals surface area contributed by atoms with Gasteiger partial charge in [-0.15, -0.1) is 0 Å². The third-order valence-electron chi connectivity index (χ3n) is 4.05. The highest BCUT2D eigenvalue weighted by atomic mass is 16.4. The number of carbonyl (C=O) groups excluding carboxylic acids is 1. The Labute approximate surface area is 120 Å². The Hall–Kier alpha value is -1.30. The van der Waals surface area contributed by atoms with Crippen molar-refractivity contribution in [3.63, 3.8) is 0 Å². The van der Waals surface area contributed by atoms with E-state index in [9.17, 15) is 9.59 Å². The number of urea groups is 1. The van der Waals surface area contributed by atoms with Crippen LogP contribution in [0.1, 0.15) is 26.7 Å². The van der Waals surface area contributed by atoms with E-state index in [1.54, 1.807) is 4.90 Å². The van der Waals surface area contributed by atoms with Crippen molar-refractivity contribution in [1.82, 2.24) is 14.7 Å². The molecule has 0 bridgehead atoms. The summed E-state index contributed by atoms with van der Waals surface area (Å²) in [4.78, 5) is 29.3. The predicted octanol–water partition coefficient (Wildman–Crippen LogP) is 0.929. The van der Waals surface area contributed by atoms with Crippen molar-refractivity contribution in [2.45, 2.75) is 32.7 Å². The summed E-state index contributed by atoms with van der Waals surface area (Å²) in [7, 11) is 0. The van der Waals surface area contributed by atoms with Crippen LogP contribution in [0.4, 0.5) is 4.79 Å². The van der Waals surface area contributed by atoms with Crippen LogP contribution in [0.3, 0.4) is 0 Å². The van der Waals surface area contributed by atoms with Gasteiger partial charge in [0.25, 0.3) is 0 Å². The molecule has 0 aromatic rings. The van der Waals surface area contributed by atoms with Gasteiger partial charge in [-0.05, 0) is 18.8 Å². The molecule has 0 aromatic heterocycles. The number of hydrogen-bond acceptors (Lipinski definition) is 3. The summed E-state index contributed by atoms with van der Waals surface area (Å²) < 4.78 is 0. The zero-order chi connectivity index (χ0) is 14.7. The fourth-order valence-corrected chi connectivity index (χ4v) is 3.07. The Morgan fingerprint density at radius 2 is 1.80 bits per heavy atom. The molecule has 6 nitrogen and oxygen atoms in total. The Balaban J connectivity index is 1.87. The number of aliphatic carboxylic acids is 1. The third-order valence-corrected chi connectivity index (χ3v) is 4.05. The summed E-state index contributed by atoms with van der Waals surface area (Å²) in [6.45, 7) is 9.19. The molecule has 2 heterocycles. The molecule has 20 heavy (non-hydrogen) atoms. The summed E-state index contributed by atoms with van der Waals surface area (Å²) in [5, 5.41) is 9.15. The molecular weight excluding hydrogens is 258 g/mol. The van der Waals surface area contributed by atoms with Crippen LogP contribution in [-0.2, 0) is 4.79 Å². The van der Waals surface area contributed by atoms with Crippen LogP contribution >= 0.6 is 0 Å². The molecule has 0 spiro atoms. The topological polar surface area (TPSA) is 64.1 Å². The van der Waals surface area contributed by atoms with Crippen molar-refractivity contribution in [3.8, 4) is 0 Å². The number of carbonyl (C=O) groups is 2. The van der Waals surface area contributed by atoms with E-state index in [1.165, 1.54) is 4.90 Å². The van der Waals surface area contributed by atoms with Gasteiger partial charge in [-0.2, -0.15) is 0 Å². The van der Waals surface area contributed by atoms with Gasteiger partial charge in [-0.25, -0.2) is 9.59 Å². The van der Waals surface area contributed by atoms with Gasteiger partial charge in [0.1, 0.15) is 6.04 Å². The van der Waals surface area contributed by atoms with Crippen LogP contribution < -0.4 is 0 Å². The Kier molecular flexibility index (Phi) is 4.86. The van der Waals surface area contributed by atoms with E-state index in [0.717, 1.165) is 26.1 Å². The quantitative estimate of drug-likeness (QED) is 0.837. The number of carboxylic acid groups (broad SMARTS) is 1. The lowest BCUT2D eigenvalue weighted by molar-refractivity contribution is -0.141. The predicted molar refractivity (Wildman–Crippen MR) is 75.6 cm³/mol. The van der Waals surface area contributed by atoms with Crippen molar-refractivity contribution >= 4 is 12.0 Å². The number of carboxylic acids is 1. The molecule has 2 aliphatic rings. The average molecular weight is 283 g/mol. The Morgan fingerprint density at radius 3 is 2.35 bits per heavy atom. The monoisotopic (exact) mass is 283 g/mol. The molecule has 114 valence electrons. The maximum atomic E-state index is 12.4. The molecule has 0 aliphatic carbocycles. The van der Waals surface area contributed by atoms with Crippen molar-refractivity contribution in [2.24, 2.45) is 5.92 Å². The van der Waals surface area contributed by atoms with E-state index in [-0.39, 0.29) is 6.03 Å². The first-order valence-electron chi connectivity index (χ1n) is 7.49. The number of piperazine rings is 1. The molecule has 0 saturated carbocycles. The molecule has 1 N–H and O–H groups in total. The maximum Gasteiger partial charge on any atom is 0.326 e. The van der Waals surface area contributed by atoms with Crippen LogP contribution in [0.15, 0.2) is 0 Å². The zero-order valence-corrected chi connectivity index (χ0v) is 12.4. The minimum absolute atomic E-state index is 0.0981. The number of rotatable bonds is 3. The number of likely N-dealkylation sites (tertiary alicyclic amines) is 1. The summed E-state index contributed by atoms with van der Waals surface area (Å²) in [5.74, 6) is -0.249. The lowest BCUT2D eigenvalue weighted by atomic mass is 10.2. The van der Waals surface area contributed by atoms with Gasteiger partial charge in [-0.3, -0.25) is 4.90 Å². The van der Waals surface area contributed by atoms with Crippen LogP contribution in [0.25, 0.3) is 0 Å². The molecule has 2 rings (SSSR count). The molecule has 2 saturated heterocycles. The van der Waals surface area contributed by atoms with E-state index in [1.807, 2.05) is 0 Å². The van der Waals surface area contributed by atoms with E-state index in [0.29, 0.717) is 32.0 Å². The first-order valence-corrected chi connectivity index (χ1v) is 7.49. The Bertz CT molecular complexity index is 365. The van der Waals surface area contributed by atoms with E-state index in [2.05, 4.69) is 18.7 Å². The number of hydrogen-bond donors (Lipinski definition) is 1. The lowest BCUT2D eigenvalue weighted by Gasteiger charge is -2.38. The molecule has 6 heteroatoms. The fraction of sp³-hybridized carbons (Fsp3) is 0.857. The Morgan fingerprint density at radius 1 is 1.15 bits per heavy atom. The van der Waals surface area contributed by atoms with Gasteiger partial charge < -0.3 is 14.9 Å². The van der Waals surface area contributed by atoms with Gasteiger partial charge in [0, 0.05) is 39.3 Å². The smallest absolute Gasteiger partial charge is 0.326 e. The number of amides is 2. The maximum absolute atomic E-state index is 12.4. The summed E-state index contributed by atoms with van der Waals surface area (Å²) in [5.41, 5.74) is 0. The van der Waals surface area contributed by atoms with Gasteiger partial charge in [-0.1, -0.05) is 13.8 Å². The van der Waals surface area contributed by atoms with Gasteiger partial charge >= 0.3 is 12.0 Å². The van der Waals surface area contributed by atoms with Gasteiger partial charge in [0.2, 0.25) is 0 Å². The summed E-state index contributed by atoms with van der Waals surface area (Å²) >= 11 is 0. The minimum Gasteiger partial charge on any atom is -0.480 e. The highest BCUT2D eigenvalue weighted by Gasteiger charge is 2.36. The molecule has 2 amide bonds. The van der Waals surface area contributed by atoms with Crippen LogP contribution in [-0.4, -0.2) is 77.1 Å². The second kappa shape index (κ2) is 6.43. The van der Waals surface area contributed by atoms with Gasteiger partial charge in [0.15, 0.2) is 0 Å². The van der Waals surface area contributed by atoms with E-state index in [4.69, 9.17) is 5.11 Å². The molecule has 0 unspecified atom stereocenters. The molecule has 0 radical (unpaired) electrons. The van der Waals surface area contributed by atoms with E-state index < -0.39 is 12.0 Å². The second-order valence-corrected chi connectivity index (χ2v) is 6.15. The lowest BCUT2D eigenvalue weighted by Crippen LogP contribution is -2.55. The molecular formula is C14H25N3O3. The fourth-order valence-electron chi connectivity index (χ4n) is 3.07. The minimum atomic E-state index is -0.880. The number of nitrogens with zero attached hydrogens (tertiary/aromatic N) is 3. The van der Waals surface area contributed by atoms with Crippen LogP contribution in [0.2, 0.25) is 0 Å². The first-order chi connectivity index (χ1) is 9.49. The summed E-state index contributed by atoms with van der Waals surface area (Å²) in [6.07, 6.45) is 1.37. The molecule has 2 fully saturated rings. The highest BCUT2D eigenvalue weighted by molar-refractivity contribution is 5.83. The second-order valence-electron chi connectivity index (χ2n) is 6.15. The zero-order valence-electron chi connectivity index (χ0n) is 12.4. The van der Waals surface area contributed by atoms with Crippen molar-refractivity contribution in [1.29, 1.82) is 0 Å². The molecule has 0 aromatic carbocycles. The van der Waals surface area contributed by atoms with Crippen LogP contribution in [0.5, 0.6) is 0 Å². The summed E-state index contributed by atoms with van der Waals surface area (Å²) in [6, 6.07) is -0.727. The third kappa shape index (κ3) is 3.42. The average Bonchev–Trinajstić information content (AvgIpc) is 2.87. The largest absolute Gasteiger partial charge is 0.480 e. The highest BCUT2D eigenvalue weighted by Crippen LogP contribution is 2.20. The molecule has 1 atom stereocenters. The van der Waals surface area contributed by atoms with Crippen molar-refractivity contribution in [2.75, 3.05) is 39.3 Å². The van der Waals surface area contributed by atoms with Gasteiger partial charge in [0.05, 0.1) is 0 Å². The standard InChI is InChI=1S/C14H25N3O3/c1-11(2)10-15-6-8-16(9-7-15)14(20)17-5-3-4-12(17)13(18)19/h11-12H,3-10H2,1-2H3,(H,18,19)/t12-/m1/s1. The normalized spacial score (nSPS) is 24.4. The SMILES string of the molecule is CC(C)CN1CCN(C(=O)N2CCC[C@@H]2C(=O)O)CC1. The van der Waals surface area contributed by atoms with Crippen molar-refractivity contribution in [3.05, 3.63) is 0 Å². The van der Waals surface area contributed by atoms with Crippen LogP contribution in [0, 0.1) is 5.92 Å².